The van der Waals surface area contributed by atoms with Crippen LogP contribution in [0.25, 0.3) is 27.5 Å². The van der Waals surface area contributed by atoms with Crippen molar-refractivity contribution in [2.75, 3.05) is 5.32 Å². The zero-order valence-electron chi connectivity index (χ0n) is 22.8. The van der Waals surface area contributed by atoms with Crippen molar-refractivity contribution in [2.45, 2.75) is 64.8 Å². The number of Topliss-reactive ketones (excluding diaryl/α,β-unsaturated/α-hetero) is 1. The molecule has 3 atom stereocenters. The average molecular weight is 551 g/mol. The first-order chi connectivity index (χ1) is 19.3. The fourth-order valence-corrected chi connectivity index (χ4v) is 7.89. The highest BCUT2D eigenvalue weighted by Gasteiger charge is 2.52. The monoisotopic (exact) mass is 550 g/mol. The molecule has 2 bridgehead atoms. The van der Waals surface area contributed by atoms with Crippen LogP contribution in [0.1, 0.15) is 69.4 Å². The Morgan fingerprint density at radius 3 is 2.67 bits per heavy atom. The molecule has 0 saturated heterocycles. The van der Waals surface area contributed by atoms with Gasteiger partial charge in [-0.1, -0.05) is 18.3 Å². The van der Waals surface area contributed by atoms with Crippen molar-refractivity contribution in [1.82, 2.24) is 24.8 Å². The molecule has 0 aliphatic heterocycles. The van der Waals surface area contributed by atoms with E-state index in [2.05, 4.69) is 39.7 Å². The molecule has 2 saturated carbocycles. The van der Waals surface area contributed by atoms with Gasteiger partial charge in [-0.25, -0.2) is 4.52 Å². The normalized spacial score (nSPS) is 24.4. The number of pyridine rings is 1. The van der Waals surface area contributed by atoms with Crippen LogP contribution in [-0.2, 0) is 4.79 Å². The third kappa shape index (κ3) is 4.52. The molecular weight excluding hydrogens is 520 g/mol. The average Bonchev–Trinajstić information content (AvgIpc) is 3.61. The standard InChI is InChI=1S/C30H30N8OS/c1-17(13-31)35-25-11-26(27-7-6-23-8-19(14-32)15-34-38(23)27)33-16-24(25)29-37-36-28(40-29)20-9-21-4-5-22(10-20)30(21,3)12-18(2)39/h6-8,11,15-17,20-22H,4-5,9-10,12H2,1-3H3,(H,33,35)/t17-,20?,21?,22?,30?/m1/s1. The van der Waals surface area contributed by atoms with Gasteiger partial charge < -0.3 is 10.1 Å². The van der Waals surface area contributed by atoms with Gasteiger partial charge in [0.05, 0.1) is 40.3 Å². The minimum Gasteiger partial charge on any atom is -0.369 e. The number of hydrogen-bond donors (Lipinski definition) is 1. The molecule has 4 aromatic heterocycles. The summed E-state index contributed by atoms with van der Waals surface area (Å²) in [5.41, 5.74) is 4.42. The van der Waals surface area contributed by atoms with Crippen LogP contribution in [0.5, 0.6) is 0 Å². The van der Waals surface area contributed by atoms with E-state index >= 15 is 0 Å². The predicted octanol–water partition coefficient (Wildman–Crippen LogP) is 6.00. The zero-order valence-corrected chi connectivity index (χ0v) is 23.6. The third-order valence-corrected chi connectivity index (χ3v) is 10.00. The van der Waals surface area contributed by atoms with Crippen molar-refractivity contribution >= 4 is 28.3 Å². The number of nitrogens with zero attached hydrogens (tertiary/aromatic N) is 7. The first-order valence-corrected chi connectivity index (χ1v) is 14.5. The Morgan fingerprint density at radius 1 is 1.20 bits per heavy atom. The van der Waals surface area contributed by atoms with Gasteiger partial charge in [0, 0.05) is 24.2 Å². The Bertz CT molecular complexity index is 1680. The van der Waals surface area contributed by atoms with Crippen LogP contribution >= 0.6 is 11.3 Å². The molecule has 0 amide bonds. The predicted molar refractivity (Wildman–Crippen MR) is 152 cm³/mol. The molecule has 0 radical (unpaired) electrons. The molecule has 0 aromatic carbocycles. The molecule has 1 N–H and O–H groups in total. The zero-order chi connectivity index (χ0) is 28.0. The first-order valence-electron chi connectivity index (χ1n) is 13.7. The fourth-order valence-electron chi connectivity index (χ4n) is 6.89. The van der Waals surface area contributed by atoms with E-state index in [1.165, 1.54) is 19.0 Å². The van der Waals surface area contributed by atoms with Gasteiger partial charge in [-0.05, 0) is 81.0 Å². The summed E-state index contributed by atoms with van der Waals surface area (Å²) in [4.78, 5) is 16.7. The summed E-state index contributed by atoms with van der Waals surface area (Å²) in [6.07, 6.45) is 8.45. The Morgan fingerprint density at radius 2 is 1.98 bits per heavy atom. The number of carbonyl (C=O) groups excluding carboxylic acids is 1. The van der Waals surface area contributed by atoms with Crippen LogP contribution in [0.15, 0.2) is 36.7 Å². The Labute approximate surface area is 236 Å². The van der Waals surface area contributed by atoms with Crippen LogP contribution in [0.3, 0.4) is 0 Å². The molecule has 202 valence electrons. The second-order valence-electron chi connectivity index (χ2n) is 11.5. The molecule has 2 unspecified atom stereocenters. The van der Waals surface area contributed by atoms with Gasteiger partial charge in [0.1, 0.15) is 22.9 Å². The van der Waals surface area contributed by atoms with Gasteiger partial charge in [0.25, 0.3) is 0 Å². The molecule has 40 heavy (non-hydrogen) atoms. The summed E-state index contributed by atoms with van der Waals surface area (Å²) in [7, 11) is 0. The minimum atomic E-state index is -0.422. The number of carbonyl (C=O) groups is 1. The maximum Gasteiger partial charge on any atom is 0.151 e. The lowest BCUT2D eigenvalue weighted by Crippen LogP contribution is -2.36. The van der Waals surface area contributed by atoms with E-state index in [0.29, 0.717) is 35.4 Å². The molecule has 2 fully saturated rings. The molecule has 9 nitrogen and oxygen atoms in total. The maximum absolute atomic E-state index is 12.0. The van der Waals surface area contributed by atoms with E-state index in [-0.39, 0.29) is 11.2 Å². The van der Waals surface area contributed by atoms with Gasteiger partial charge in [0.2, 0.25) is 0 Å². The van der Waals surface area contributed by atoms with E-state index in [4.69, 9.17) is 4.98 Å². The Kier molecular flexibility index (Phi) is 6.59. The van der Waals surface area contributed by atoms with Crippen LogP contribution in [-0.4, -0.2) is 36.6 Å². The Balaban J connectivity index is 1.31. The number of hydrogen-bond acceptors (Lipinski definition) is 9. The highest BCUT2D eigenvalue weighted by atomic mass is 32.1. The lowest BCUT2D eigenvalue weighted by atomic mass is 9.61. The largest absolute Gasteiger partial charge is 0.369 e. The fraction of sp³-hybridized carbons (Fsp3) is 0.433. The van der Waals surface area contributed by atoms with E-state index in [0.717, 1.165) is 45.3 Å². The number of nitriles is 2. The second-order valence-corrected chi connectivity index (χ2v) is 12.5. The van der Waals surface area contributed by atoms with Crippen molar-refractivity contribution < 1.29 is 4.79 Å². The summed E-state index contributed by atoms with van der Waals surface area (Å²) in [5, 5.41) is 37.4. The molecular formula is C30H30N8OS. The SMILES string of the molecule is CC(=O)CC1(C)C2CCC1CC(c1nnc(-c3cnc(-c4ccc5cc(C#N)cnn45)cc3N[C@H](C)C#N)s1)C2. The van der Waals surface area contributed by atoms with Crippen molar-refractivity contribution in [3.63, 3.8) is 0 Å². The number of anilines is 1. The number of rotatable bonds is 7. The van der Waals surface area contributed by atoms with Crippen molar-refractivity contribution in [1.29, 1.82) is 10.5 Å². The maximum atomic E-state index is 12.0. The highest BCUT2D eigenvalue weighted by molar-refractivity contribution is 7.14. The van der Waals surface area contributed by atoms with Gasteiger partial charge >= 0.3 is 0 Å². The van der Waals surface area contributed by atoms with Gasteiger partial charge in [-0.15, -0.1) is 10.2 Å². The van der Waals surface area contributed by atoms with Crippen LogP contribution in [0.4, 0.5) is 5.69 Å². The summed E-state index contributed by atoms with van der Waals surface area (Å²) in [6.45, 7) is 5.83. The van der Waals surface area contributed by atoms with Crippen molar-refractivity contribution in [3.8, 4) is 34.1 Å². The Hall–Kier alpha value is -4.15. The number of aromatic nitrogens is 5. The molecule has 4 aromatic rings. The van der Waals surface area contributed by atoms with E-state index in [9.17, 15) is 15.3 Å². The smallest absolute Gasteiger partial charge is 0.151 e. The number of nitrogens with one attached hydrogen (secondary N) is 1. The molecule has 6 rings (SSSR count). The third-order valence-electron chi connectivity index (χ3n) is 8.88. The molecule has 10 heteroatoms. The summed E-state index contributed by atoms with van der Waals surface area (Å²) in [6, 6.07) is 11.5. The number of ketones is 1. The molecule has 2 aliphatic carbocycles. The van der Waals surface area contributed by atoms with Crippen LogP contribution in [0.2, 0.25) is 0 Å². The topological polar surface area (TPSA) is 133 Å². The van der Waals surface area contributed by atoms with E-state index < -0.39 is 6.04 Å². The van der Waals surface area contributed by atoms with Crippen LogP contribution in [0, 0.1) is 39.9 Å². The van der Waals surface area contributed by atoms with E-state index in [1.54, 1.807) is 35.0 Å². The minimum absolute atomic E-state index is 0.105. The lowest BCUT2D eigenvalue weighted by molar-refractivity contribution is -0.121. The van der Waals surface area contributed by atoms with Gasteiger partial charge in [0.15, 0.2) is 5.01 Å². The van der Waals surface area contributed by atoms with Gasteiger partial charge in [-0.2, -0.15) is 15.6 Å². The second kappa shape index (κ2) is 10.1. The van der Waals surface area contributed by atoms with E-state index in [1.807, 2.05) is 25.1 Å². The number of fused-ring (bicyclic) bond motifs is 3. The molecule has 4 heterocycles. The first kappa shape index (κ1) is 26.1. The molecule has 2 aliphatic rings. The quantitative estimate of drug-likeness (QED) is 0.296. The highest BCUT2D eigenvalue weighted by Crippen LogP contribution is 2.60. The summed E-state index contributed by atoms with van der Waals surface area (Å²) in [5.74, 6) is 1.71. The molecule has 0 spiro atoms. The lowest BCUT2D eigenvalue weighted by Gasteiger charge is -2.43. The van der Waals surface area contributed by atoms with Gasteiger partial charge in [-0.3, -0.25) is 4.98 Å². The summed E-state index contributed by atoms with van der Waals surface area (Å²) < 4.78 is 1.75. The van der Waals surface area contributed by atoms with Crippen molar-refractivity contribution in [2.24, 2.45) is 17.3 Å². The summed E-state index contributed by atoms with van der Waals surface area (Å²) >= 11 is 1.60. The van der Waals surface area contributed by atoms with Crippen molar-refractivity contribution in [3.05, 3.63) is 47.2 Å². The van der Waals surface area contributed by atoms with Crippen LogP contribution < -0.4 is 5.32 Å².